The number of aromatic nitrogens is 2. The van der Waals surface area contributed by atoms with Crippen molar-refractivity contribution < 1.29 is 4.79 Å². The van der Waals surface area contributed by atoms with Gasteiger partial charge in [-0.25, -0.2) is 4.68 Å². The van der Waals surface area contributed by atoms with E-state index in [1.54, 1.807) is 6.20 Å². The van der Waals surface area contributed by atoms with Crippen LogP contribution in [0.1, 0.15) is 37.8 Å². The summed E-state index contributed by atoms with van der Waals surface area (Å²) < 4.78 is 1.88. The molecule has 3 unspecified atom stereocenters. The molecule has 3 atom stereocenters. The summed E-state index contributed by atoms with van der Waals surface area (Å²) in [5, 5.41) is 7.39. The average molecular weight is 309 g/mol. The predicted octanol–water partition coefficient (Wildman–Crippen LogP) is 3.95. The Bertz CT molecular complexity index is 721. The van der Waals surface area contributed by atoms with Gasteiger partial charge in [-0.1, -0.05) is 12.5 Å². The van der Waals surface area contributed by atoms with E-state index in [9.17, 15) is 4.79 Å². The second kappa shape index (κ2) is 5.84. The first kappa shape index (κ1) is 14.5. The van der Waals surface area contributed by atoms with Gasteiger partial charge in [0, 0.05) is 24.0 Å². The normalized spacial score (nSPS) is 25.7. The molecule has 4 rings (SSSR count). The summed E-state index contributed by atoms with van der Waals surface area (Å²) in [6.45, 7) is 2.02. The number of hydrogen-bond acceptors (Lipinski definition) is 2. The Morgan fingerprint density at radius 3 is 2.91 bits per heavy atom. The molecule has 1 heterocycles. The van der Waals surface area contributed by atoms with Crippen LogP contribution in [0.2, 0.25) is 0 Å². The Hall–Kier alpha value is -2.10. The molecule has 2 aliphatic rings. The first-order valence-electron chi connectivity index (χ1n) is 8.60. The fourth-order valence-electron chi connectivity index (χ4n) is 4.43. The van der Waals surface area contributed by atoms with E-state index in [0.717, 1.165) is 28.9 Å². The molecule has 1 amide bonds. The highest BCUT2D eigenvalue weighted by Crippen LogP contribution is 2.49. The van der Waals surface area contributed by atoms with Crippen molar-refractivity contribution in [1.29, 1.82) is 0 Å². The van der Waals surface area contributed by atoms with Crippen LogP contribution in [0.3, 0.4) is 0 Å². The Morgan fingerprint density at radius 2 is 2.22 bits per heavy atom. The van der Waals surface area contributed by atoms with E-state index in [4.69, 9.17) is 0 Å². The highest BCUT2D eigenvalue weighted by molar-refractivity contribution is 5.91. The molecule has 1 aromatic carbocycles. The largest absolute Gasteiger partial charge is 0.326 e. The SMILES string of the molecule is Cc1ccnn1-c1cccc(NC(=O)CC2CC3CCC2C3)c1. The maximum Gasteiger partial charge on any atom is 0.224 e. The third-order valence-electron chi connectivity index (χ3n) is 5.54. The van der Waals surface area contributed by atoms with Crippen LogP contribution in [0.4, 0.5) is 5.69 Å². The molecule has 0 aliphatic heterocycles. The molecule has 4 heteroatoms. The summed E-state index contributed by atoms with van der Waals surface area (Å²) in [6.07, 6.45) is 7.78. The van der Waals surface area contributed by atoms with Crippen molar-refractivity contribution in [2.45, 2.75) is 39.0 Å². The number of benzene rings is 1. The maximum absolute atomic E-state index is 12.4. The van der Waals surface area contributed by atoms with Gasteiger partial charge in [0.15, 0.2) is 0 Å². The zero-order valence-electron chi connectivity index (χ0n) is 13.5. The van der Waals surface area contributed by atoms with Crippen molar-refractivity contribution in [3.63, 3.8) is 0 Å². The smallest absolute Gasteiger partial charge is 0.224 e. The monoisotopic (exact) mass is 309 g/mol. The van der Waals surface area contributed by atoms with E-state index >= 15 is 0 Å². The lowest BCUT2D eigenvalue weighted by atomic mass is 9.86. The number of rotatable bonds is 4. The number of nitrogens with one attached hydrogen (secondary N) is 1. The summed E-state index contributed by atoms with van der Waals surface area (Å²) in [7, 11) is 0. The Balaban J connectivity index is 1.42. The lowest BCUT2D eigenvalue weighted by Gasteiger charge is -2.21. The van der Waals surface area contributed by atoms with Crippen LogP contribution >= 0.6 is 0 Å². The van der Waals surface area contributed by atoms with Crippen molar-refractivity contribution in [2.24, 2.45) is 17.8 Å². The van der Waals surface area contributed by atoms with Crippen LogP contribution in [0.25, 0.3) is 5.69 Å². The van der Waals surface area contributed by atoms with Gasteiger partial charge >= 0.3 is 0 Å². The lowest BCUT2D eigenvalue weighted by Crippen LogP contribution is -2.20. The molecule has 2 saturated carbocycles. The van der Waals surface area contributed by atoms with Gasteiger partial charge in [0.25, 0.3) is 0 Å². The average Bonchev–Trinajstić information content (AvgIpc) is 3.24. The van der Waals surface area contributed by atoms with Gasteiger partial charge in [-0.15, -0.1) is 0 Å². The Kier molecular flexibility index (Phi) is 3.68. The van der Waals surface area contributed by atoms with Crippen LogP contribution in [-0.4, -0.2) is 15.7 Å². The van der Waals surface area contributed by atoms with Crippen molar-refractivity contribution in [1.82, 2.24) is 9.78 Å². The summed E-state index contributed by atoms with van der Waals surface area (Å²) in [4.78, 5) is 12.4. The van der Waals surface area contributed by atoms with Crippen LogP contribution in [0, 0.1) is 24.7 Å². The standard InChI is InChI=1S/C19H23N3O/c1-13-7-8-20-22(13)18-4-2-3-17(12-18)21-19(23)11-16-10-14-5-6-15(16)9-14/h2-4,7-8,12,14-16H,5-6,9-11H2,1H3,(H,21,23). The minimum Gasteiger partial charge on any atom is -0.326 e. The van der Waals surface area contributed by atoms with Gasteiger partial charge in [0.2, 0.25) is 5.91 Å². The molecule has 4 nitrogen and oxygen atoms in total. The van der Waals surface area contributed by atoms with Crippen LogP contribution in [0.15, 0.2) is 36.5 Å². The topological polar surface area (TPSA) is 46.9 Å². The molecular formula is C19H23N3O. The zero-order chi connectivity index (χ0) is 15.8. The summed E-state index contributed by atoms with van der Waals surface area (Å²) in [5.41, 5.74) is 2.91. The van der Waals surface area contributed by atoms with Gasteiger partial charge in [0.05, 0.1) is 5.69 Å². The number of carbonyl (C=O) groups excluding carboxylic acids is 1. The maximum atomic E-state index is 12.4. The zero-order valence-corrected chi connectivity index (χ0v) is 13.5. The molecule has 0 spiro atoms. The fourth-order valence-corrected chi connectivity index (χ4v) is 4.43. The number of carbonyl (C=O) groups is 1. The summed E-state index contributed by atoms with van der Waals surface area (Å²) in [5.74, 6) is 2.44. The quantitative estimate of drug-likeness (QED) is 0.929. The lowest BCUT2D eigenvalue weighted by molar-refractivity contribution is -0.117. The van der Waals surface area contributed by atoms with Crippen molar-refractivity contribution in [3.8, 4) is 5.69 Å². The molecule has 23 heavy (non-hydrogen) atoms. The van der Waals surface area contributed by atoms with Gasteiger partial charge in [0.1, 0.15) is 0 Å². The molecular weight excluding hydrogens is 286 g/mol. The van der Waals surface area contributed by atoms with E-state index in [0.29, 0.717) is 12.3 Å². The fraction of sp³-hybridized carbons (Fsp3) is 0.474. The Morgan fingerprint density at radius 1 is 1.30 bits per heavy atom. The first-order chi connectivity index (χ1) is 11.2. The molecule has 1 N–H and O–H groups in total. The third-order valence-corrected chi connectivity index (χ3v) is 5.54. The summed E-state index contributed by atoms with van der Waals surface area (Å²) in [6, 6.07) is 9.87. The molecule has 2 aliphatic carbocycles. The minimum absolute atomic E-state index is 0.150. The van der Waals surface area contributed by atoms with Crippen molar-refractivity contribution in [3.05, 3.63) is 42.2 Å². The predicted molar refractivity (Wildman–Crippen MR) is 90.5 cm³/mol. The third kappa shape index (κ3) is 2.90. The number of fused-ring (bicyclic) bond motifs is 2. The van der Waals surface area contributed by atoms with E-state index in [1.807, 2.05) is 41.9 Å². The number of aryl methyl sites for hydroxylation is 1. The van der Waals surface area contributed by atoms with E-state index in [1.165, 1.54) is 25.7 Å². The van der Waals surface area contributed by atoms with Crippen molar-refractivity contribution in [2.75, 3.05) is 5.32 Å². The molecule has 2 fully saturated rings. The van der Waals surface area contributed by atoms with Crippen LogP contribution < -0.4 is 5.32 Å². The van der Waals surface area contributed by atoms with Crippen LogP contribution in [-0.2, 0) is 4.79 Å². The highest BCUT2D eigenvalue weighted by atomic mass is 16.1. The number of anilines is 1. The summed E-state index contributed by atoms with van der Waals surface area (Å²) >= 11 is 0. The van der Waals surface area contributed by atoms with E-state index in [-0.39, 0.29) is 5.91 Å². The second-order valence-electron chi connectivity index (χ2n) is 7.12. The molecule has 0 saturated heterocycles. The van der Waals surface area contributed by atoms with Gasteiger partial charge in [-0.05, 0) is 68.2 Å². The molecule has 120 valence electrons. The van der Waals surface area contributed by atoms with Gasteiger partial charge < -0.3 is 5.32 Å². The number of hydrogen-bond donors (Lipinski definition) is 1. The Labute approximate surface area is 136 Å². The number of amides is 1. The molecule has 1 aromatic heterocycles. The second-order valence-corrected chi connectivity index (χ2v) is 7.12. The molecule has 2 bridgehead atoms. The van der Waals surface area contributed by atoms with Crippen LogP contribution in [0.5, 0.6) is 0 Å². The van der Waals surface area contributed by atoms with Gasteiger partial charge in [-0.3, -0.25) is 4.79 Å². The minimum atomic E-state index is 0.150. The van der Waals surface area contributed by atoms with Gasteiger partial charge in [-0.2, -0.15) is 5.10 Å². The van der Waals surface area contributed by atoms with E-state index in [2.05, 4.69) is 10.4 Å². The first-order valence-corrected chi connectivity index (χ1v) is 8.60. The van der Waals surface area contributed by atoms with Crippen molar-refractivity contribution >= 4 is 11.6 Å². The molecule has 2 aromatic rings. The molecule has 0 radical (unpaired) electrons. The number of nitrogens with zero attached hydrogens (tertiary/aromatic N) is 2. The highest BCUT2D eigenvalue weighted by Gasteiger charge is 2.40. The van der Waals surface area contributed by atoms with E-state index < -0.39 is 0 Å².